The van der Waals surface area contributed by atoms with Gasteiger partial charge in [0, 0.05) is 26.3 Å². The molecule has 0 fully saturated rings. The quantitative estimate of drug-likeness (QED) is 0.751. The molecule has 0 atom stereocenters. The SMILES string of the molecule is Cn1c(=O)c(CNCc2ccc(Cl)nc2)nc2ccccc21. The molecule has 6 heteroatoms. The Morgan fingerprint density at radius 2 is 2.00 bits per heavy atom. The molecule has 1 aromatic carbocycles. The van der Waals surface area contributed by atoms with E-state index in [-0.39, 0.29) is 5.56 Å². The van der Waals surface area contributed by atoms with Crippen molar-refractivity contribution in [1.82, 2.24) is 19.9 Å². The third-order valence-corrected chi connectivity index (χ3v) is 3.68. The van der Waals surface area contributed by atoms with E-state index in [4.69, 9.17) is 11.6 Å². The van der Waals surface area contributed by atoms with Crippen LogP contribution >= 0.6 is 11.6 Å². The predicted octanol–water partition coefficient (Wildman–Crippen LogP) is 2.27. The molecule has 0 amide bonds. The molecule has 5 nitrogen and oxygen atoms in total. The van der Waals surface area contributed by atoms with Crippen LogP contribution in [0.15, 0.2) is 47.4 Å². The number of para-hydroxylation sites is 2. The van der Waals surface area contributed by atoms with Gasteiger partial charge in [-0.1, -0.05) is 29.8 Å². The molecule has 0 aliphatic heterocycles. The monoisotopic (exact) mass is 314 g/mol. The van der Waals surface area contributed by atoms with Crippen molar-refractivity contribution in [2.24, 2.45) is 7.05 Å². The van der Waals surface area contributed by atoms with Crippen LogP contribution in [0.4, 0.5) is 0 Å². The fourth-order valence-corrected chi connectivity index (χ4v) is 2.40. The Balaban J connectivity index is 1.78. The number of rotatable bonds is 4. The maximum absolute atomic E-state index is 12.3. The summed E-state index contributed by atoms with van der Waals surface area (Å²) in [6.45, 7) is 1.00. The Labute approximate surface area is 132 Å². The number of hydrogen-bond donors (Lipinski definition) is 1. The highest BCUT2D eigenvalue weighted by molar-refractivity contribution is 6.29. The second-order valence-electron chi connectivity index (χ2n) is 5.00. The normalized spacial score (nSPS) is 11.0. The van der Waals surface area contributed by atoms with Gasteiger partial charge in [-0.25, -0.2) is 9.97 Å². The minimum absolute atomic E-state index is 0.0829. The van der Waals surface area contributed by atoms with E-state index >= 15 is 0 Å². The van der Waals surface area contributed by atoms with Crippen LogP contribution in [0, 0.1) is 0 Å². The van der Waals surface area contributed by atoms with Crippen LogP contribution in [0.25, 0.3) is 11.0 Å². The molecule has 0 unspecified atom stereocenters. The second-order valence-corrected chi connectivity index (χ2v) is 5.39. The maximum atomic E-state index is 12.3. The van der Waals surface area contributed by atoms with Crippen LogP contribution in [0.5, 0.6) is 0 Å². The molecular weight excluding hydrogens is 300 g/mol. The van der Waals surface area contributed by atoms with Gasteiger partial charge in [0.2, 0.25) is 0 Å². The molecule has 1 N–H and O–H groups in total. The van der Waals surface area contributed by atoms with Gasteiger partial charge in [0.1, 0.15) is 10.8 Å². The molecule has 112 valence electrons. The third kappa shape index (κ3) is 3.00. The molecule has 0 saturated heterocycles. The summed E-state index contributed by atoms with van der Waals surface area (Å²) in [6, 6.07) is 11.2. The number of halogens is 1. The lowest BCUT2D eigenvalue weighted by atomic mass is 10.2. The molecule has 2 aromatic heterocycles. The van der Waals surface area contributed by atoms with Crippen LogP contribution in [-0.4, -0.2) is 14.5 Å². The van der Waals surface area contributed by atoms with Crippen molar-refractivity contribution < 1.29 is 0 Å². The molecule has 3 rings (SSSR count). The van der Waals surface area contributed by atoms with Gasteiger partial charge in [0.25, 0.3) is 5.56 Å². The molecule has 0 spiro atoms. The maximum Gasteiger partial charge on any atom is 0.273 e. The smallest absolute Gasteiger partial charge is 0.273 e. The van der Waals surface area contributed by atoms with Gasteiger partial charge in [0.15, 0.2) is 0 Å². The van der Waals surface area contributed by atoms with Crippen LogP contribution in [-0.2, 0) is 20.1 Å². The summed E-state index contributed by atoms with van der Waals surface area (Å²) in [5.41, 5.74) is 3.07. The number of aromatic nitrogens is 3. The summed E-state index contributed by atoms with van der Waals surface area (Å²) in [5, 5.41) is 3.68. The molecule has 0 aliphatic carbocycles. The van der Waals surface area contributed by atoms with Crippen molar-refractivity contribution in [2.45, 2.75) is 13.1 Å². The highest BCUT2D eigenvalue weighted by Crippen LogP contribution is 2.09. The number of aryl methyl sites for hydroxylation is 1. The Morgan fingerprint density at radius 1 is 1.18 bits per heavy atom. The molecule has 3 aromatic rings. The number of nitrogens with zero attached hydrogens (tertiary/aromatic N) is 3. The number of hydrogen-bond acceptors (Lipinski definition) is 4. The lowest BCUT2D eigenvalue weighted by Crippen LogP contribution is -2.27. The number of nitrogens with one attached hydrogen (secondary N) is 1. The predicted molar refractivity (Wildman–Crippen MR) is 86.8 cm³/mol. The van der Waals surface area contributed by atoms with Crippen molar-refractivity contribution in [3.63, 3.8) is 0 Å². The van der Waals surface area contributed by atoms with E-state index in [1.807, 2.05) is 30.3 Å². The summed E-state index contributed by atoms with van der Waals surface area (Å²) in [5.74, 6) is 0. The van der Waals surface area contributed by atoms with Gasteiger partial charge >= 0.3 is 0 Å². The molecular formula is C16H15ClN4O. The molecule has 2 heterocycles. The fourth-order valence-electron chi connectivity index (χ4n) is 2.29. The van der Waals surface area contributed by atoms with E-state index in [0.29, 0.717) is 23.9 Å². The summed E-state index contributed by atoms with van der Waals surface area (Å²) in [6.07, 6.45) is 1.71. The van der Waals surface area contributed by atoms with E-state index in [9.17, 15) is 4.79 Å². The first-order valence-electron chi connectivity index (χ1n) is 6.91. The van der Waals surface area contributed by atoms with Gasteiger partial charge in [0.05, 0.1) is 11.0 Å². The second kappa shape index (κ2) is 6.25. The van der Waals surface area contributed by atoms with Crippen molar-refractivity contribution in [1.29, 1.82) is 0 Å². The number of pyridine rings is 1. The van der Waals surface area contributed by atoms with E-state index in [1.54, 1.807) is 23.9 Å². The van der Waals surface area contributed by atoms with E-state index in [2.05, 4.69) is 15.3 Å². The van der Waals surface area contributed by atoms with E-state index < -0.39 is 0 Å². The third-order valence-electron chi connectivity index (χ3n) is 3.46. The minimum Gasteiger partial charge on any atom is -0.308 e. The summed E-state index contributed by atoms with van der Waals surface area (Å²) in [7, 11) is 1.76. The largest absolute Gasteiger partial charge is 0.308 e. The highest BCUT2D eigenvalue weighted by Gasteiger charge is 2.07. The first-order chi connectivity index (χ1) is 10.6. The van der Waals surface area contributed by atoms with Crippen molar-refractivity contribution in [2.75, 3.05) is 0 Å². The van der Waals surface area contributed by atoms with Gasteiger partial charge in [-0.3, -0.25) is 4.79 Å². The number of fused-ring (bicyclic) bond motifs is 1. The molecule has 0 aliphatic rings. The molecule has 0 saturated carbocycles. The van der Waals surface area contributed by atoms with Gasteiger partial charge < -0.3 is 9.88 Å². The molecule has 22 heavy (non-hydrogen) atoms. The first kappa shape index (κ1) is 14.7. The average molecular weight is 315 g/mol. The van der Waals surface area contributed by atoms with E-state index in [1.165, 1.54) is 0 Å². The standard InChI is InChI=1S/C16H15ClN4O/c1-21-14-5-3-2-4-12(14)20-13(16(21)22)10-18-8-11-6-7-15(17)19-9-11/h2-7,9,18H,8,10H2,1H3. The zero-order chi connectivity index (χ0) is 15.5. The highest BCUT2D eigenvalue weighted by atomic mass is 35.5. The van der Waals surface area contributed by atoms with Gasteiger partial charge in [-0.2, -0.15) is 0 Å². The van der Waals surface area contributed by atoms with Crippen LogP contribution in [0.1, 0.15) is 11.3 Å². The van der Waals surface area contributed by atoms with Crippen molar-refractivity contribution in [3.05, 3.63) is 69.4 Å². The molecule has 0 bridgehead atoms. The summed E-state index contributed by atoms with van der Waals surface area (Å²) in [4.78, 5) is 20.8. The Morgan fingerprint density at radius 3 is 2.77 bits per heavy atom. The zero-order valence-electron chi connectivity index (χ0n) is 12.1. The Kier molecular flexibility index (Phi) is 4.18. The number of benzene rings is 1. The zero-order valence-corrected chi connectivity index (χ0v) is 12.8. The summed E-state index contributed by atoms with van der Waals surface area (Å²) < 4.78 is 1.63. The van der Waals surface area contributed by atoms with Gasteiger partial charge in [-0.05, 0) is 23.8 Å². The van der Waals surface area contributed by atoms with Crippen LogP contribution in [0.2, 0.25) is 5.15 Å². The van der Waals surface area contributed by atoms with Crippen LogP contribution < -0.4 is 10.9 Å². The van der Waals surface area contributed by atoms with Crippen molar-refractivity contribution in [3.8, 4) is 0 Å². The topological polar surface area (TPSA) is 59.8 Å². The van der Waals surface area contributed by atoms with Crippen molar-refractivity contribution >= 4 is 22.6 Å². The first-order valence-corrected chi connectivity index (χ1v) is 7.29. The van der Waals surface area contributed by atoms with Gasteiger partial charge in [-0.15, -0.1) is 0 Å². The fraction of sp³-hybridized carbons (Fsp3) is 0.188. The Hall–Kier alpha value is -2.24. The lowest BCUT2D eigenvalue weighted by molar-refractivity contribution is 0.665. The lowest BCUT2D eigenvalue weighted by Gasteiger charge is -2.08. The van der Waals surface area contributed by atoms with Crippen LogP contribution in [0.3, 0.4) is 0 Å². The molecule has 0 radical (unpaired) electrons. The Bertz CT molecular complexity index is 858. The van der Waals surface area contributed by atoms with E-state index in [0.717, 1.165) is 16.6 Å². The summed E-state index contributed by atoms with van der Waals surface area (Å²) >= 11 is 5.75. The minimum atomic E-state index is -0.0829. The average Bonchev–Trinajstić information content (AvgIpc) is 2.54.